The Morgan fingerprint density at radius 2 is 1.79 bits per heavy atom. The van der Waals surface area contributed by atoms with E-state index in [1.54, 1.807) is 0 Å². The number of piperidine rings is 1. The molecule has 1 amide bonds. The van der Waals surface area contributed by atoms with Gasteiger partial charge in [0.1, 0.15) is 6.04 Å². The Balaban J connectivity index is 1.52. The molecule has 0 bridgehead atoms. The van der Waals surface area contributed by atoms with Gasteiger partial charge >= 0.3 is 0 Å². The van der Waals surface area contributed by atoms with Gasteiger partial charge in [-0.2, -0.15) is 5.10 Å². The smallest absolute Gasteiger partial charge is 0.244 e. The van der Waals surface area contributed by atoms with E-state index < -0.39 is 0 Å². The first-order valence-electron chi connectivity index (χ1n) is 8.90. The molecule has 24 heavy (non-hydrogen) atoms. The first-order valence-corrected chi connectivity index (χ1v) is 8.90. The van der Waals surface area contributed by atoms with Crippen molar-refractivity contribution in [3.8, 4) is 0 Å². The number of hydrogen-bond donors (Lipinski definition) is 0. The Kier molecular flexibility index (Phi) is 4.34. The number of aromatic nitrogens is 2. The quantitative estimate of drug-likeness (QED) is 0.868. The van der Waals surface area contributed by atoms with E-state index >= 15 is 0 Å². The largest absolute Gasteiger partial charge is 0.341 e. The number of hydrogen-bond acceptors (Lipinski definition) is 3. The highest BCUT2D eigenvalue weighted by molar-refractivity contribution is 5.83. The summed E-state index contributed by atoms with van der Waals surface area (Å²) in [6.07, 6.45) is 7.32. The number of nitrogens with zero attached hydrogens (tertiary/aromatic N) is 4. The molecule has 4 rings (SSSR count). The molecule has 0 saturated carbocycles. The van der Waals surface area contributed by atoms with E-state index in [1.807, 2.05) is 41.3 Å². The summed E-state index contributed by atoms with van der Waals surface area (Å²) >= 11 is 0. The van der Waals surface area contributed by atoms with E-state index in [4.69, 9.17) is 0 Å². The number of carbonyl (C=O) groups is 1. The number of carbonyl (C=O) groups excluding carboxylic acids is 1. The standard InChI is InChI=1S/C19H24N4O/c24-19(21-11-5-2-6-12-21)18(16-8-3-1-4-9-16)22-14-17(15-22)23-13-7-10-20-23/h1,3-4,7-10,13,17-18H,2,5-6,11-12,14-15H2/t18-/m1/s1. The van der Waals surface area contributed by atoms with Gasteiger partial charge in [-0.15, -0.1) is 0 Å². The van der Waals surface area contributed by atoms with Crippen LogP contribution >= 0.6 is 0 Å². The van der Waals surface area contributed by atoms with Crippen LogP contribution in [0, 0.1) is 0 Å². The van der Waals surface area contributed by atoms with Crippen molar-refractivity contribution >= 4 is 5.91 Å². The second-order valence-electron chi connectivity index (χ2n) is 6.79. The number of benzene rings is 1. The van der Waals surface area contributed by atoms with Gasteiger partial charge in [0.15, 0.2) is 0 Å². The topological polar surface area (TPSA) is 41.4 Å². The van der Waals surface area contributed by atoms with Crippen LogP contribution in [-0.4, -0.2) is 51.7 Å². The molecule has 2 aliphatic heterocycles. The van der Waals surface area contributed by atoms with Gasteiger partial charge < -0.3 is 4.90 Å². The van der Waals surface area contributed by atoms with Crippen molar-refractivity contribution in [2.45, 2.75) is 31.3 Å². The predicted molar refractivity (Wildman–Crippen MR) is 92.5 cm³/mol. The normalized spacial score (nSPS) is 20.6. The molecule has 5 nitrogen and oxygen atoms in total. The minimum Gasteiger partial charge on any atom is -0.341 e. The molecule has 2 aliphatic rings. The first-order chi connectivity index (χ1) is 11.8. The monoisotopic (exact) mass is 324 g/mol. The summed E-state index contributed by atoms with van der Waals surface area (Å²) < 4.78 is 2.00. The Morgan fingerprint density at radius 1 is 1.04 bits per heavy atom. The Labute approximate surface area is 142 Å². The van der Waals surface area contributed by atoms with E-state index in [9.17, 15) is 4.79 Å². The van der Waals surface area contributed by atoms with Crippen LogP contribution < -0.4 is 0 Å². The van der Waals surface area contributed by atoms with Gasteiger partial charge in [-0.05, 0) is 30.9 Å². The molecule has 5 heteroatoms. The lowest BCUT2D eigenvalue weighted by molar-refractivity contribution is -0.141. The van der Waals surface area contributed by atoms with Gasteiger partial charge in [0, 0.05) is 38.6 Å². The first kappa shape index (κ1) is 15.4. The third-order valence-corrected chi connectivity index (χ3v) is 5.17. The Hall–Kier alpha value is -2.14. The van der Waals surface area contributed by atoms with Crippen LogP contribution in [-0.2, 0) is 4.79 Å². The molecule has 2 fully saturated rings. The van der Waals surface area contributed by atoms with E-state index in [0.29, 0.717) is 6.04 Å². The molecule has 0 aliphatic carbocycles. The summed E-state index contributed by atoms with van der Waals surface area (Å²) in [5.41, 5.74) is 1.10. The number of likely N-dealkylation sites (tertiary alicyclic amines) is 2. The fraction of sp³-hybridized carbons (Fsp3) is 0.474. The second kappa shape index (κ2) is 6.77. The molecule has 1 aromatic heterocycles. The summed E-state index contributed by atoms with van der Waals surface area (Å²) in [5, 5.41) is 4.33. The summed E-state index contributed by atoms with van der Waals surface area (Å²) in [7, 11) is 0. The average Bonchev–Trinajstić information content (AvgIpc) is 3.12. The molecule has 0 radical (unpaired) electrons. The lowest BCUT2D eigenvalue weighted by atomic mass is 9.97. The Bertz CT molecular complexity index is 658. The van der Waals surface area contributed by atoms with Crippen molar-refractivity contribution in [3.63, 3.8) is 0 Å². The zero-order valence-corrected chi connectivity index (χ0v) is 13.9. The van der Waals surface area contributed by atoms with Gasteiger partial charge in [-0.1, -0.05) is 30.3 Å². The van der Waals surface area contributed by atoms with Crippen molar-refractivity contribution in [1.29, 1.82) is 0 Å². The highest BCUT2D eigenvalue weighted by atomic mass is 16.2. The summed E-state index contributed by atoms with van der Waals surface area (Å²) in [4.78, 5) is 17.5. The zero-order valence-electron chi connectivity index (χ0n) is 13.9. The highest BCUT2D eigenvalue weighted by Gasteiger charge is 2.39. The maximum Gasteiger partial charge on any atom is 0.244 e. The van der Waals surface area contributed by atoms with Crippen LogP contribution in [0.15, 0.2) is 48.8 Å². The van der Waals surface area contributed by atoms with Crippen LogP contribution in [0.1, 0.15) is 36.9 Å². The molecule has 126 valence electrons. The van der Waals surface area contributed by atoms with E-state index in [2.05, 4.69) is 27.0 Å². The average molecular weight is 324 g/mol. The van der Waals surface area contributed by atoms with Gasteiger partial charge in [0.05, 0.1) is 6.04 Å². The van der Waals surface area contributed by atoms with Crippen molar-refractivity contribution in [2.75, 3.05) is 26.2 Å². The molecule has 2 saturated heterocycles. The van der Waals surface area contributed by atoms with Crippen molar-refractivity contribution in [3.05, 3.63) is 54.4 Å². The van der Waals surface area contributed by atoms with Crippen LogP contribution in [0.4, 0.5) is 0 Å². The maximum absolute atomic E-state index is 13.2. The van der Waals surface area contributed by atoms with Crippen LogP contribution in [0.2, 0.25) is 0 Å². The fourth-order valence-electron chi connectivity index (χ4n) is 3.79. The van der Waals surface area contributed by atoms with Crippen molar-refractivity contribution in [2.24, 2.45) is 0 Å². The minimum atomic E-state index is -0.156. The fourth-order valence-corrected chi connectivity index (χ4v) is 3.79. The highest BCUT2D eigenvalue weighted by Crippen LogP contribution is 2.33. The maximum atomic E-state index is 13.2. The molecular weight excluding hydrogens is 300 g/mol. The molecule has 3 heterocycles. The molecular formula is C19H24N4O. The lowest BCUT2D eigenvalue weighted by Crippen LogP contribution is -2.54. The van der Waals surface area contributed by atoms with Gasteiger partial charge in [0.2, 0.25) is 5.91 Å². The van der Waals surface area contributed by atoms with E-state index in [0.717, 1.165) is 44.6 Å². The SMILES string of the molecule is O=C([C@@H](c1ccccc1)N1CC(n2cccn2)C1)N1CCCCC1. The van der Waals surface area contributed by atoms with Gasteiger partial charge in [0.25, 0.3) is 0 Å². The Morgan fingerprint density at radius 3 is 2.46 bits per heavy atom. The van der Waals surface area contributed by atoms with Gasteiger partial charge in [-0.25, -0.2) is 0 Å². The minimum absolute atomic E-state index is 0.156. The third kappa shape index (κ3) is 2.96. The van der Waals surface area contributed by atoms with E-state index in [-0.39, 0.29) is 11.9 Å². The third-order valence-electron chi connectivity index (χ3n) is 5.17. The number of rotatable bonds is 4. The summed E-state index contributed by atoms with van der Waals surface area (Å²) in [6.45, 7) is 3.55. The van der Waals surface area contributed by atoms with Crippen molar-refractivity contribution in [1.82, 2.24) is 19.6 Å². The van der Waals surface area contributed by atoms with Crippen LogP contribution in [0.25, 0.3) is 0 Å². The number of amides is 1. The molecule has 0 N–H and O–H groups in total. The molecule has 1 aromatic carbocycles. The van der Waals surface area contributed by atoms with Crippen molar-refractivity contribution < 1.29 is 4.79 Å². The predicted octanol–water partition coefficient (Wildman–Crippen LogP) is 2.49. The van der Waals surface area contributed by atoms with Crippen LogP contribution in [0.3, 0.4) is 0 Å². The molecule has 0 spiro atoms. The second-order valence-corrected chi connectivity index (χ2v) is 6.79. The van der Waals surface area contributed by atoms with Crippen LogP contribution in [0.5, 0.6) is 0 Å². The molecule has 0 unspecified atom stereocenters. The van der Waals surface area contributed by atoms with E-state index in [1.165, 1.54) is 6.42 Å². The zero-order chi connectivity index (χ0) is 16.4. The molecule has 2 aromatic rings. The summed E-state index contributed by atoms with van der Waals surface area (Å²) in [6, 6.07) is 12.4. The summed E-state index contributed by atoms with van der Waals surface area (Å²) in [5.74, 6) is 0.264. The lowest BCUT2D eigenvalue weighted by Gasteiger charge is -2.45. The van der Waals surface area contributed by atoms with Gasteiger partial charge in [-0.3, -0.25) is 14.4 Å². The molecule has 1 atom stereocenters.